The van der Waals surface area contributed by atoms with Gasteiger partial charge in [-0.3, -0.25) is 4.79 Å². The van der Waals surface area contributed by atoms with Gasteiger partial charge in [0.1, 0.15) is 29.1 Å². The first-order valence-electron chi connectivity index (χ1n) is 10.6. The first-order chi connectivity index (χ1) is 15.6. The second-order valence-corrected chi connectivity index (χ2v) is 8.50. The van der Waals surface area contributed by atoms with Gasteiger partial charge in [0.15, 0.2) is 0 Å². The number of benzene rings is 1. The number of pyridine rings is 2. The molecule has 1 aliphatic heterocycles. The number of rotatable bonds is 3. The van der Waals surface area contributed by atoms with Crippen LogP contribution < -0.4 is 15.2 Å². The van der Waals surface area contributed by atoms with E-state index in [4.69, 9.17) is 4.74 Å². The minimum atomic E-state index is -4.43. The normalized spacial score (nSPS) is 21.1. The Morgan fingerprint density at radius 3 is 2.64 bits per heavy atom. The number of anilines is 1. The van der Waals surface area contributed by atoms with E-state index in [1.165, 1.54) is 22.8 Å². The highest BCUT2D eigenvalue weighted by Gasteiger charge is 2.35. The molecule has 3 atom stereocenters. The predicted octanol–water partition coefficient (Wildman–Crippen LogP) is 4.51. The molecule has 6 nitrogen and oxygen atoms in total. The maximum Gasteiger partial charge on any atom is 0.416 e. The molecule has 1 unspecified atom stereocenters. The molecule has 4 rings (SSSR count). The smallest absolute Gasteiger partial charge is 0.416 e. The molecule has 3 aromatic rings. The van der Waals surface area contributed by atoms with Gasteiger partial charge in [0.2, 0.25) is 0 Å². The summed E-state index contributed by atoms with van der Waals surface area (Å²) in [5.41, 5.74) is 1.15. The van der Waals surface area contributed by atoms with Crippen molar-refractivity contribution in [1.82, 2.24) is 9.55 Å². The number of piperidine rings is 1. The van der Waals surface area contributed by atoms with Gasteiger partial charge in [-0.15, -0.1) is 0 Å². The van der Waals surface area contributed by atoms with Crippen LogP contribution in [0.3, 0.4) is 0 Å². The zero-order valence-electron chi connectivity index (χ0n) is 18.4. The number of halogens is 3. The number of hydrogen-bond acceptors (Lipinski definition) is 5. The Morgan fingerprint density at radius 1 is 1.18 bits per heavy atom. The maximum atomic E-state index is 13.1. The lowest BCUT2D eigenvalue weighted by Gasteiger charge is -2.43. The maximum absolute atomic E-state index is 13.1. The summed E-state index contributed by atoms with van der Waals surface area (Å²) in [5.74, 6) is 0.149. The first-order valence-corrected chi connectivity index (χ1v) is 10.6. The molecule has 2 aromatic heterocycles. The fourth-order valence-corrected chi connectivity index (χ4v) is 4.32. The third-order valence-corrected chi connectivity index (χ3v) is 6.17. The van der Waals surface area contributed by atoms with Crippen molar-refractivity contribution in [2.45, 2.75) is 38.6 Å². The minimum absolute atomic E-state index is 0.0333. The molecule has 9 heteroatoms. The van der Waals surface area contributed by atoms with E-state index < -0.39 is 11.7 Å². The lowest BCUT2D eigenvalue weighted by molar-refractivity contribution is -0.137. The van der Waals surface area contributed by atoms with Crippen LogP contribution in [0.25, 0.3) is 11.0 Å². The lowest BCUT2D eigenvalue weighted by Crippen LogP contribution is -2.50. The van der Waals surface area contributed by atoms with Gasteiger partial charge in [-0.25, -0.2) is 4.98 Å². The molecule has 1 aromatic carbocycles. The van der Waals surface area contributed by atoms with Crippen molar-refractivity contribution in [2.24, 2.45) is 13.0 Å². The molecule has 0 bridgehead atoms. The van der Waals surface area contributed by atoms with E-state index in [1.54, 1.807) is 19.2 Å². The average molecular weight is 456 g/mol. The van der Waals surface area contributed by atoms with Crippen molar-refractivity contribution >= 4 is 16.7 Å². The molecule has 33 heavy (non-hydrogen) atoms. The zero-order valence-corrected chi connectivity index (χ0v) is 18.4. The van der Waals surface area contributed by atoms with Crippen molar-refractivity contribution in [1.29, 1.82) is 5.26 Å². The van der Waals surface area contributed by atoms with Crippen LogP contribution in [0.5, 0.6) is 5.75 Å². The lowest BCUT2D eigenvalue weighted by atomic mass is 9.91. The Hall–Kier alpha value is -3.54. The molecule has 3 heterocycles. The highest BCUT2D eigenvalue weighted by atomic mass is 19.4. The van der Waals surface area contributed by atoms with E-state index >= 15 is 0 Å². The van der Waals surface area contributed by atoms with Crippen molar-refractivity contribution in [2.75, 3.05) is 11.4 Å². The number of fused-ring (bicyclic) bond motifs is 1. The molecule has 0 aliphatic carbocycles. The summed E-state index contributed by atoms with van der Waals surface area (Å²) in [7, 11) is 1.66. The van der Waals surface area contributed by atoms with E-state index in [9.17, 15) is 23.2 Å². The summed E-state index contributed by atoms with van der Waals surface area (Å²) in [6.07, 6.45) is -4.18. The summed E-state index contributed by atoms with van der Waals surface area (Å²) >= 11 is 0. The van der Waals surface area contributed by atoms with Crippen LogP contribution in [0.1, 0.15) is 31.5 Å². The fourth-order valence-electron chi connectivity index (χ4n) is 4.32. The largest absolute Gasteiger partial charge is 0.490 e. The average Bonchev–Trinajstić information content (AvgIpc) is 2.78. The van der Waals surface area contributed by atoms with Gasteiger partial charge in [-0.05, 0) is 37.3 Å². The summed E-state index contributed by atoms with van der Waals surface area (Å²) in [4.78, 5) is 19.1. The van der Waals surface area contributed by atoms with Crippen LogP contribution >= 0.6 is 0 Å². The monoisotopic (exact) mass is 456 g/mol. The number of aromatic nitrogens is 2. The Morgan fingerprint density at radius 2 is 1.94 bits per heavy atom. The molecular formula is C24H23F3N4O2. The van der Waals surface area contributed by atoms with Crippen LogP contribution in [-0.2, 0) is 13.2 Å². The highest BCUT2D eigenvalue weighted by molar-refractivity contribution is 5.88. The van der Waals surface area contributed by atoms with Gasteiger partial charge >= 0.3 is 6.18 Å². The molecule has 1 fully saturated rings. The Balaban J connectivity index is 1.63. The van der Waals surface area contributed by atoms with Gasteiger partial charge in [0.05, 0.1) is 16.8 Å². The molecule has 0 spiro atoms. The number of ether oxygens (including phenoxy) is 1. The van der Waals surface area contributed by atoms with E-state index in [2.05, 4.69) is 9.88 Å². The standard InChI is InChI=1S/C24H23F3N4O2/c1-14-13-31(20-11-22(32)30(3)19-8-7-17(12-28)29-23(19)20)15(2)9-21(14)33-18-6-4-5-16(10-18)24(25,26)27/h4-8,10-11,14-15,21H,9,13H2,1-3H3/t14-,15-,21?/m0/s1. The summed E-state index contributed by atoms with van der Waals surface area (Å²) < 4.78 is 46.6. The second-order valence-electron chi connectivity index (χ2n) is 8.50. The van der Waals surface area contributed by atoms with Crippen molar-refractivity contribution in [3.05, 3.63) is 64.1 Å². The molecular weight excluding hydrogens is 433 g/mol. The van der Waals surface area contributed by atoms with Gasteiger partial charge < -0.3 is 14.2 Å². The van der Waals surface area contributed by atoms with Crippen molar-refractivity contribution in [3.63, 3.8) is 0 Å². The van der Waals surface area contributed by atoms with Gasteiger partial charge in [-0.2, -0.15) is 18.4 Å². The van der Waals surface area contributed by atoms with Crippen LogP contribution in [0.2, 0.25) is 0 Å². The number of aryl methyl sites for hydroxylation is 1. The highest BCUT2D eigenvalue weighted by Crippen LogP contribution is 2.35. The Kier molecular flexibility index (Phi) is 5.78. The Labute approximate surface area is 188 Å². The Bertz CT molecular complexity index is 1300. The molecule has 0 amide bonds. The van der Waals surface area contributed by atoms with E-state index in [0.717, 1.165) is 12.1 Å². The van der Waals surface area contributed by atoms with E-state index in [-0.39, 0.29) is 35.1 Å². The van der Waals surface area contributed by atoms with Gasteiger partial charge in [-0.1, -0.05) is 13.0 Å². The molecule has 0 radical (unpaired) electrons. The van der Waals surface area contributed by atoms with E-state index in [0.29, 0.717) is 29.7 Å². The van der Waals surface area contributed by atoms with Crippen molar-refractivity contribution < 1.29 is 17.9 Å². The third-order valence-electron chi connectivity index (χ3n) is 6.17. The predicted molar refractivity (Wildman–Crippen MR) is 118 cm³/mol. The molecule has 1 aliphatic rings. The minimum Gasteiger partial charge on any atom is -0.490 e. The van der Waals surface area contributed by atoms with Gasteiger partial charge in [0.25, 0.3) is 5.56 Å². The second kappa shape index (κ2) is 8.43. The number of alkyl halides is 3. The summed E-state index contributed by atoms with van der Waals surface area (Å²) in [6.45, 7) is 4.46. The third kappa shape index (κ3) is 4.38. The zero-order chi connectivity index (χ0) is 23.9. The number of hydrogen-bond donors (Lipinski definition) is 0. The quantitative estimate of drug-likeness (QED) is 0.580. The van der Waals surface area contributed by atoms with E-state index in [1.807, 2.05) is 19.9 Å². The molecule has 0 saturated carbocycles. The van der Waals surface area contributed by atoms with Gasteiger partial charge in [0, 0.05) is 38.0 Å². The van der Waals surface area contributed by atoms with Crippen LogP contribution in [0.15, 0.2) is 47.3 Å². The van der Waals surface area contributed by atoms with Crippen LogP contribution in [0.4, 0.5) is 18.9 Å². The molecule has 1 saturated heterocycles. The SMILES string of the molecule is C[C@H]1CN(c2cc(=O)n(C)c3ccc(C#N)nc23)[C@@H](C)CC1Oc1cccc(C(F)(F)F)c1. The fraction of sp³-hybridized carbons (Fsp3) is 0.375. The van der Waals surface area contributed by atoms with Crippen LogP contribution in [-0.4, -0.2) is 28.2 Å². The molecule has 172 valence electrons. The summed E-state index contributed by atoms with van der Waals surface area (Å²) in [5, 5.41) is 9.28. The first kappa shape index (κ1) is 22.6. The topological polar surface area (TPSA) is 71.2 Å². The summed E-state index contributed by atoms with van der Waals surface area (Å²) in [6, 6.07) is 11.7. The molecule has 0 N–H and O–H groups in total. The number of nitrogens with zero attached hydrogens (tertiary/aromatic N) is 4. The van der Waals surface area contributed by atoms with Crippen molar-refractivity contribution in [3.8, 4) is 11.8 Å². The van der Waals surface area contributed by atoms with Crippen LogP contribution in [0, 0.1) is 17.2 Å². The number of nitriles is 1.